The number of hydrogen-bond donors (Lipinski definition) is 2. The molecule has 0 radical (unpaired) electrons. The molecule has 0 saturated heterocycles. The molecule has 1 unspecified atom stereocenters. The lowest BCUT2D eigenvalue weighted by Gasteiger charge is -2.16. The second-order valence-corrected chi connectivity index (χ2v) is 6.73. The summed E-state index contributed by atoms with van der Waals surface area (Å²) in [5.41, 5.74) is 5.21. The minimum absolute atomic E-state index is 0.0589. The molecule has 1 fully saturated rings. The van der Waals surface area contributed by atoms with E-state index in [-0.39, 0.29) is 24.2 Å². The fraction of sp³-hybridized carbons (Fsp3) is 0.900. The fourth-order valence-electron chi connectivity index (χ4n) is 1.89. The van der Waals surface area contributed by atoms with Gasteiger partial charge in [-0.3, -0.25) is 4.79 Å². The first kappa shape index (κ1) is 13.4. The van der Waals surface area contributed by atoms with Crippen molar-refractivity contribution in [2.24, 2.45) is 5.73 Å². The molecule has 0 spiro atoms. The Morgan fingerprint density at radius 3 is 2.50 bits per heavy atom. The first-order chi connectivity index (χ1) is 7.47. The third-order valence-electron chi connectivity index (χ3n) is 3.01. The van der Waals surface area contributed by atoms with Crippen molar-refractivity contribution in [3.8, 4) is 0 Å². The van der Waals surface area contributed by atoms with E-state index < -0.39 is 15.1 Å². The molecule has 94 valence electrons. The summed E-state index contributed by atoms with van der Waals surface area (Å²) < 4.78 is 23.2. The zero-order valence-electron chi connectivity index (χ0n) is 9.61. The Balaban J connectivity index is 2.52. The van der Waals surface area contributed by atoms with E-state index in [1.807, 2.05) is 0 Å². The molecule has 1 amide bonds. The van der Waals surface area contributed by atoms with Gasteiger partial charge in [0.15, 0.2) is 9.84 Å². The van der Waals surface area contributed by atoms with E-state index in [2.05, 4.69) is 5.32 Å². The Labute approximate surface area is 96.7 Å². The maximum absolute atomic E-state index is 11.7. The topological polar surface area (TPSA) is 89.3 Å². The van der Waals surface area contributed by atoms with E-state index in [9.17, 15) is 13.2 Å². The molecule has 0 heterocycles. The molecule has 1 aliphatic rings. The first-order valence-electron chi connectivity index (χ1n) is 5.69. The first-order valence-corrected chi connectivity index (χ1v) is 7.41. The lowest BCUT2D eigenvalue weighted by molar-refractivity contribution is -0.121. The average molecular weight is 248 g/mol. The molecule has 1 aliphatic carbocycles. The van der Waals surface area contributed by atoms with Crippen LogP contribution in [0.25, 0.3) is 0 Å². The lowest BCUT2D eigenvalue weighted by Crippen LogP contribution is -2.43. The Hall–Kier alpha value is -0.620. The minimum Gasteiger partial charge on any atom is -0.352 e. The van der Waals surface area contributed by atoms with Crippen molar-refractivity contribution >= 4 is 15.7 Å². The highest BCUT2D eigenvalue weighted by Gasteiger charge is 2.29. The maximum Gasteiger partial charge on any atom is 0.238 e. The summed E-state index contributed by atoms with van der Waals surface area (Å²) in [6, 6.07) is 0.156. The number of rotatable bonds is 5. The molecule has 0 bridgehead atoms. The number of carbonyl (C=O) groups excluding carboxylic acids is 1. The van der Waals surface area contributed by atoms with Gasteiger partial charge in [-0.15, -0.1) is 0 Å². The van der Waals surface area contributed by atoms with Gasteiger partial charge < -0.3 is 11.1 Å². The zero-order chi connectivity index (χ0) is 12.2. The van der Waals surface area contributed by atoms with Gasteiger partial charge in [0.05, 0.1) is 5.75 Å². The van der Waals surface area contributed by atoms with E-state index in [1.54, 1.807) is 0 Å². The molecular formula is C10H20N2O3S. The molecule has 1 atom stereocenters. The van der Waals surface area contributed by atoms with Crippen molar-refractivity contribution in [1.29, 1.82) is 0 Å². The van der Waals surface area contributed by atoms with Crippen LogP contribution >= 0.6 is 0 Å². The third-order valence-corrected chi connectivity index (χ3v) is 5.11. The molecule has 16 heavy (non-hydrogen) atoms. The van der Waals surface area contributed by atoms with Gasteiger partial charge >= 0.3 is 0 Å². The SMILES string of the molecule is CC(C(=O)NC1CCCC1)S(=O)(=O)CCN. The van der Waals surface area contributed by atoms with Gasteiger partial charge in [0.1, 0.15) is 5.25 Å². The van der Waals surface area contributed by atoms with Crippen LogP contribution in [-0.2, 0) is 14.6 Å². The van der Waals surface area contributed by atoms with Gasteiger partial charge in [-0.2, -0.15) is 0 Å². The van der Waals surface area contributed by atoms with E-state index in [1.165, 1.54) is 6.92 Å². The van der Waals surface area contributed by atoms with Gasteiger partial charge in [-0.1, -0.05) is 12.8 Å². The van der Waals surface area contributed by atoms with Crippen molar-refractivity contribution in [3.05, 3.63) is 0 Å². The van der Waals surface area contributed by atoms with Crippen molar-refractivity contribution in [2.75, 3.05) is 12.3 Å². The van der Waals surface area contributed by atoms with Gasteiger partial charge in [-0.05, 0) is 19.8 Å². The standard InChI is InChI=1S/C10H20N2O3S/c1-8(16(14,15)7-6-11)10(13)12-9-4-2-3-5-9/h8-9H,2-7,11H2,1H3,(H,12,13). The highest BCUT2D eigenvalue weighted by molar-refractivity contribution is 7.92. The van der Waals surface area contributed by atoms with E-state index in [0.29, 0.717) is 0 Å². The number of sulfone groups is 1. The summed E-state index contributed by atoms with van der Waals surface area (Å²) >= 11 is 0. The summed E-state index contributed by atoms with van der Waals surface area (Å²) in [5.74, 6) is -0.521. The predicted molar refractivity (Wildman–Crippen MR) is 62.7 cm³/mol. The maximum atomic E-state index is 11.7. The average Bonchev–Trinajstić information content (AvgIpc) is 2.69. The lowest BCUT2D eigenvalue weighted by atomic mass is 10.2. The Morgan fingerprint density at radius 1 is 1.44 bits per heavy atom. The van der Waals surface area contributed by atoms with Crippen LogP contribution in [0.3, 0.4) is 0 Å². The smallest absolute Gasteiger partial charge is 0.238 e. The molecule has 0 aromatic heterocycles. The van der Waals surface area contributed by atoms with Gasteiger partial charge in [0, 0.05) is 12.6 Å². The predicted octanol–water partition coefficient (Wildman–Crippen LogP) is -0.193. The second kappa shape index (κ2) is 5.63. The van der Waals surface area contributed by atoms with Crippen LogP contribution in [0.2, 0.25) is 0 Å². The number of hydrogen-bond acceptors (Lipinski definition) is 4. The van der Waals surface area contributed by atoms with Crippen LogP contribution < -0.4 is 11.1 Å². The minimum atomic E-state index is -3.39. The van der Waals surface area contributed by atoms with Crippen LogP contribution in [0.4, 0.5) is 0 Å². The Kier molecular flexibility index (Phi) is 4.73. The highest BCUT2D eigenvalue weighted by Crippen LogP contribution is 2.18. The van der Waals surface area contributed by atoms with Crippen LogP contribution in [0.5, 0.6) is 0 Å². The largest absolute Gasteiger partial charge is 0.352 e. The summed E-state index contributed by atoms with van der Waals surface area (Å²) in [5, 5.41) is 1.80. The summed E-state index contributed by atoms with van der Waals surface area (Å²) in [6.45, 7) is 1.48. The Bertz CT molecular complexity index is 334. The van der Waals surface area contributed by atoms with E-state index in [4.69, 9.17) is 5.73 Å². The summed E-state index contributed by atoms with van der Waals surface area (Å²) in [6.07, 6.45) is 4.12. The van der Waals surface area contributed by atoms with Crippen LogP contribution in [-0.4, -0.2) is 37.9 Å². The molecule has 6 heteroatoms. The summed E-state index contributed by atoms with van der Waals surface area (Å²) in [4.78, 5) is 11.7. The monoisotopic (exact) mass is 248 g/mol. The molecule has 1 rings (SSSR count). The number of amides is 1. The number of carbonyl (C=O) groups is 1. The quantitative estimate of drug-likeness (QED) is 0.705. The van der Waals surface area contributed by atoms with Crippen molar-refractivity contribution in [2.45, 2.75) is 43.9 Å². The summed E-state index contributed by atoms with van der Waals surface area (Å²) in [7, 11) is -3.39. The van der Waals surface area contributed by atoms with Gasteiger partial charge in [0.25, 0.3) is 0 Å². The van der Waals surface area contributed by atoms with Crippen LogP contribution in [0.15, 0.2) is 0 Å². The molecule has 0 aromatic rings. The molecule has 3 N–H and O–H groups in total. The molecule has 0 aliphatic heterocycles. The van der Waals surface area contributed by atoms with Crippen LogP contribution in [0.1, 0.15) is 32.6 Å². The normalized spacial score (nSPS) is 19.6. The zero-order valence-corrected chi connectivity index (χ0v) is 10.4. The fourth-order valence-corrected chi connectivity index (χ4v) is 2.97. The van der Waals surface area contributed by atoms with Crippen molar-refractivity contribution in [1.82, 2.24) is 5.32 Å². The van der Waals surface area contributed by atoms with Crippen LogP contribution in [0, 0.1) is 0 Å². The number of nitrogens with two attached hydrogens (primary N) is 1. The van der Waals surface area contributed by atoms with Gasteiger partial charge in [-0.25, -0.2) is 8.42 Å². The number of nitrogens with one attached hydrogen (secondary N) is 1. The Morgan fingerprint density at radius 2 is 2.00 bits per heavy atom. The van der Waals surface area contributed by atoms with Crippen molar-refractivity contribution in [3.63, 3.8) is 0 Å². The highest BCUT2D eigenvalue weighted by atomic mass is 32.2. The van der Waals surface area contributed by atoms with Gasteiger partial charge in [0.2, 0.25) is 5.91 Å². The molecule has 0 aromatic carbocycles. The molecular weight excluding hydrogens is 228 g/mol. The second-order valence-electron chi connectivity index (χ2n) is 4.29. The molecule has 5 nitrogen and oxygen atoms in total. The van der Waals surface area contributed by atoms with Crippen molar-refractivity contribution < 1.29 is 13.2 Å². The van der Waals surface area contributed by atoms with E-state index in [0.717, 1.165) is 25.7 Å². The third kappa shape index (κ3) is 3.45. The van der Waals surface area contributed by atoms with E-state index >= 15 is 0 Å². The molecule has 1 saturated carbocycles.